The number of hydrogen-bond acceptors (Lipinski definition) is 4. The number of pyridine rings is 1. The number of hydrogen-bond donors (Lipinski definition) is 1. The maximum Gasteiger partial charge on any atom is 0.155 e. The third-order valence-corrected chi connectivity index (χ3v) is 5.13. The summed E-state index contributed by atoms with van der Waals surface area (Å²) in [6.07, 6.45) is 1.17. The number of aliphatic hydroxyl groups is 1. The summed E-state index contributed by atoms with van der Waals surface area (Å²) in [5.41, 5.74) is 10.9. The molecule has 0 saturated heterocycles. The monoisotopic (exact) mass is 633 g/mol. The summed E-state index contributed by atoms with van der Waals surface area (Å²) in [4.78, 5) is 14.8. The Morgan fingerprint density at radius 3 is 2.09 bits per heavy atom. The van der Waals surface area contributed by atoms with E-state index < -0.39 is 0 Å². The van der Waals surface area contributed by atoms with Crippen LogP contribution >= 0.6 is 0 Å². The fourth-order valence-corrected chi connectivity index (χ4v) is 4.09. The first-order chi connectivity index (χ1) is 15.5. The number of aliphatic hydroxyl groups excluding tert-OH is 1. The summed E-state index contributed by atoms with van der Waals surface area (Å²) in [7, 11) is 0. The first-order valence-electron chi connectivity index (χ1n) is 10.9. The van der Waals surface area contributed by atoms with Crippen LogP contribution in [0.25, 0.3) is 33.7 Å². The number of carbonyl (C=O) groups is 1. The van der Waals surface area contributed by atoms with E-state index in [0.29, 0.717) is 0 Å². The van der Waals surface area contributed by atoms with Gasteiger partial charge in [-0.05, 0) is 57.5 Å². The van der Waals surface area contributed by atoms with Crippen molar-refractivity contribution in [1.82, 2.24) is 4.98 Å². The van der Waals surface area contributed by atoms with Gasteiger partial charge in [0.2, 0.25) is 0 Å². The van der Waals surface area contributed by atoms with Crippen molar-refractivity contribution in [3.05, 3.63) is 88.2 Å². The molecular formula is C29H30IrNO3-. The Balaban J connectivity index is 0.000000449. The molecule has 1 N–H and O–H groups in total. The van der Waals surface area contributed by atoms with Gasteiger partial charge in [-0.15, -0.1) is 34.9 Å². The number of carbonyl (C=O) groups excluding carboxylic acids is 1. The van der Waals surface area contributed by atoms with Crippen LogP contribution < -0.4 is 0 Å². The van der Waals surface area contributed by atoms with Crippen LogP contribution in [0.1, 0.15) is 41.7 Å². The molecular weight excluding hydrogens is 603 g/mol. The van der Waals surface area contributed by atoms with E-state index in [0.717, 1.165) is 39.2 Å². The minimum absolute atomic E-state index is 0. The van der Waals surface area contributed by atoms with E-state index in [1.807, 2.05) is 18.2 Å². The molecule has 4 nitrogen and oxygen atoms in total. The number of furan rings is 1. The van der Waals surface area contributed by atoms with Gasteiger partial charge >= 0.3 is 0 Å². The average molecular weight is 633 g/mol. The molecule has 4 aromatic rings. The van der Waals surface area contributed by atoms with Gasteiger partial charge in [-0.3, -0.25) is 9.78 Å². The third kappa shape index (κ3) is 6.75. The summed E-state index contributed by atoms with van der Waals surface area (Å²) in [6.45, 7) is 13.4. The van der Waals surface area contributed by atoms with E-state index in [9.17, 15) is 4.79 Å². The van der Waals surface area contributed by atoms with Gasteiger partial charge in [0.1, 0.15) is 5.76 Å². The Bertz CT molecular complexity index is 1320. The van der Waals surface area contributed by atoms with Crippen molar-refractivity contribution in [2.75, 3.05) is 0 Å². The molecule has 4 rings (SSSR count). The number of fused-ring (bicyclic) bond motifs is 1. The summed E-state index contributed by atoms with van der Waals surface area (Å²) >= 11 is 0. The zero-order valence-corrected chi connectivity index (χ0v) is 23.1. The summed E-state index contributed by atoms with van der Waals surface area (Å²) in [5.74, 6) is 0.816. The number of rotatable bonds is 3. The van der Waals surface area contributed by atoms with E-state index in [2.05, 4.69) is 65.0 Å². The van der Waals surface area contributed by atoms with Crippen LogP contribution in [0.4, 0.5) is 0 Å². The maximum absolute atomic E-state index is 10.0. The number of allylic oxidation sites excluding steroid dienone is 2. The molecule has 1 radical (unpaired) electrons. The van der Waals surface area contributed by atoms with Gasteiger partial charge in [0.15, 0.2) is 11.4 Å². The van der Waals surface area contributed by atoms with Gasteiger partial charge in [0.25, 0.3) is 0 Å². The van der Waals surface area contributed by atoms with Crippen LogP contribution in [0.5, 0.6) is 0 Å². The summed E-state index contributed by atoms with van der Waals surface area (Å²) in [6, 6.07) is 18.1. The molecule has 0 bridgehead atoms. The topological polar surface area (TPSA) is 63.3 Å². The molecule has 0 aliphatic heterocycles. The Kier molecular flexibility index (Phi) is 9.14. The van der Waals surface area contributed by atoms with Crippen LogP contribution in [-0.2, 0) is 24.9 Å². The van der Waals surface area contributed by atoms with Gasteiger partial charge in [-0.25, -0.2) is 0 Å². The van der Waals surface area contributed by atoms with Crippen molar-refractivity contribution in [2.24, 2.45) is 0 Å². The second-order valence-corrected chi connectivity index (χ2v) is 8.61. The first kappa shape index (κ1) is 27.2. The number of aromatic nitrogens is 1. The number of ketones is 1. The van der Waals surface area contributed by atoms with E-state index in [1.165, 1.54) is 42.2 Å². The van der Waals surface area contributed by atoms with E-state index >= 15 is 0 Å². The fourth-order valence-electron chi connectivity index (χ4n) is 4.09. The molecule has 0 aliphatic carbocycles. The smallest absolute Gasteiger partial charge is 0.155 e. The van der Waals surface area contributed by atoms with E-state index in [4.69, 9.17) is 14.5 Å². The first-order valence-corrected chi connectivity index (χ1v) is 10.9. The van der Waals surface area contributed by atoms with Crippen molar-refractivity contribution in [3.8, 4) is 22.6 Å². The molecule has 2 aromatic carbocycles. The zero-order valence-electron chi connectivity index (χ0n) is 20.7. The third-order valence-electron chi connectivity index (χ3n) is 5.13. The van der Waals surface area contributed by atoms with E-state index in [1.54, 1.807) is 0 Å². The largest absolute Gasteiger partial charge is 0.512 e. The summed E-state index contributed by atoms with van der Waals surface area (Å²) < 4.78 is 6.12. The Morgan fingerprint density at radius 2 is 1.56 bits per heavy atom. The van der Waals surface area contributed by atoms with Crippen molar-refractivity contribution in [3.63, 3.8) is 0 Å². The predicted molar refractivity (Wildman–Crippen MR) is 134 cm³/mol. The molecule has 2 heterocycles. The van der Waals surface area contributed by atoms with Crippen molar-refractivity contribution in [2.45, 2.75) is 48.5 Å². The van der Waals surface area contributed by atoms with Gasteiger partial charge in [0.05, 0.1) is 11.3 Å². The maximum atomic E-state index is 10.0. The molecule has 0 aliphatic rings. The number of nitrogens with zero attached hydrogens (tertiary/aromatic N) is 1. The second kappa shape index (κ2) is 11.4. The SMILES string of the molecule is CC(=O)/C=C(/C)O.Cc1[c-]c(-c2ccc3oc(-c4c(C)cc(C)cc4C)cc3n2)cc(C)c1.[Ir]. The molecule has 0 amide bonds. The molecule has 5 heteroatoms. The quantitative estimate of drug-likeness (QED) is 0.144. The van der Waals surface area contributed by atoms with E-state index in [-0.39, 0.29) is 31.6 Å². The minimum atomic E-state index is -0.125. The van der Waals surface area contributed by atoms with Gasteiger partial charge in [0, 0.05) is 37.8 Å². The molecule has 0 atom stereocenters. The van der Waals surface area contributed by atoms with Crippen molar-refractivity contribution < 1.29 is 34.4 Å². The molecule has 2 aromatic heterocycles. The van der Waals surface area contributed by atoms with Gasteiger partial charge < -0.3 is 9.52 Å². The molecule has 0 spiro atoms. The number of aryl methyl sites for hydroxylation is 5. The van der Waals surface area contributed by atoms with Gasteiger partial charge in [-0.1, -0.05) is 37.6 Å². The predicted octanol–water partition coefficient (Wildman–Crippen LogP) is 7.54. The number of benzene rings is 2. The Morgan fingerprint density at radius 1 is 0.941 bits per heavy atom. The molecule has 0 fully saturated rings. The Labute approximate surface area is 215 Å². The normalized spacial score (nSPS) is 11.0. The van der Waals surface area contributed by atoms with Crippen LogP contribution in [0.3, 0.4) is 0 Å². The fraction of sp³-hybridized carbons (Fsp3) is 0.241. The van der Waals surface area contributed by atoms with Crippen LogP contribution in [0.2, 0.25) is 0 Å². The van der Waals surface area contributed by atoms with Crippen LogP contribution in [0.15, 0.2) is 58.7 Å². The molecule has 179 valence electrons. The summed E-state index contributed by atoms with van der Waals surface area (Å²) in [5, 5.41) is 8.36. The standard InChI is InChI=1S/C24H22NO.C5H8O2.Ir/c1-14-8-15(2)12-19(11-14)20-6-7-22-21(25-20)13-23(26-22)24-17(4)9-16(3)10-18(24)5;1-4(6)3-5(2)7;/h6-11,13H,1-5H3;3,6H,1-2H3;/q-1;;/b;4-3-;. The molecule has 34 heavy (non-hydrogen) atoms. The zero-order chi connectivity index (χ0) is 24.3. The molecule has 0 saturated carbocycles. The second-order valence-electron chi connectivity index (χ2n) is 8.61. The van der Waals surface area contributed by atoms with Crippen LogP contribution in [0, 0.1) is 40.7 Å². The minimum Gasteiger partial charge on any atom is -0.512 e. The van der Waals surface area contributed by atoms with Crippen LogP contribution in [-0.4, -0.2) is 15.9 Å². The molecule has 0 unspecified atom stereocenters. The Hall–Kier alpha value is -3.01. The van der Waals surface area contributed by atoms with Crippen molar-refractivity contribution in [1.29, 1.82) is 0 Å². The van der Waals surface area contributed by atoms with Gasteiger partial charge in [-0.2, -0.15) is 0 Å². The van der Waals surface area contributed by atoms with Crippen molar-refractivity contribution >= 4 is 16.9 Å². The average Bonchev–Trinajstić information content (AvgIpc) is 3.08.